The average Bonchev–Trinajstić information content (AvgIpc) is 2.65. The number of amides is 2. The van der Waals surface area contributed by atoms with E-state index in [-0.39, 0.29) is 10.8 Å². The first kappa shape index (κ1) is 24.1. The number of nitrogens with one attached hydrogen (secondary N) is 2. The first-order chi connectivity index (χ1) is 13.9. The van der Waals surface area contributed by atoms with Crippen molar-refractivity contribution >= 4 is 21.8 Å². The molecule has 2 N–H and O–H groups in total. The van der Waals surface area contributed by atoms with Crippen molar-refractivity contribution < 1.29 is 22.7 Å². The molecule has 1 aromatic rings. The molecule has 1 heterocycles. The monoisotopic (exact) mass is 439 g/mol. The Morgan fingerprint density at radius 3 is 2.43 bits per heavy atom. The summed E-state index contributed by atoms with van der Waals surface area (Å²) in [5.74, 6) is 0.117. The van der Waals surface area contributed by atoms with Crippen molar-refractivity contribution in [2.75, 3.05) is 39.0 Å². The Balaban J connectivity index is 1.69. The smallest absolute Gasteiger partial charge is 0.407 e. The molecule has 0 aliphatic carbocycles. The normalized spacial score (nSPS) is 16.1. The van der Waals surface area contributed by atoms with Crippen molar-refractivity contribution in [1.29, 1.82) is 0 Å². The van der Waals surface area contributed by atoms with Gasteiger partial charge in [0.15, 0.2) is 9.84 Å². The Hall–Kier alpha value is -2.13. The summed E-state index contributed by atoms with van der Waals surface area (Å²) in [5.41, 5.74) is -0.150. The van der Waals surface area contributed by atoms with Crippen molar-refractivity contribution in [1.82, 2.24) is 15.5 Å². The zero-order chi connectivity index (χ0) is 22.4. The number of hydrogen-bond donors (Lipinski definition) is 2. The second-order valence-corrected chi connectivity index (χ2v) is 10.7. The van der Waals surface area contributed by atoms with E-state index in [1.54, 1.807) is 12.1 Å². The number of alkyl carbamates (subject to hydrolysis) is 1. The molecule has 30 heavy (non-hydrogen) atoms. The Morgan fingerprint density at radius 2 is 1.83 bits per heavy atom. The number of ether oxygens (including phenoxy) is 1. The van der Waals surface area contributed by atoms with Crippen LogP contribution in [-0.2, 0) is 14.6 Å². The Bertz CT molecular complexity index is 840. The molecule has 168 valence electrons. The van der Waals surface area contributed by atoms with Crippen molar-refractivity contribution in [3.8, 4) is 0 Å². The second-order valence-electron chi connectivity index (χ2n) is 8.72. The molecule has 2 amide bonds. The number of nitrogens with zero attached hydrogens (tertiary/aromatic N) is 1. The lowest BCUT2D eigenvalue weighted by Gasteiger charge is -2.32. The second kappa shape index (κ2) is 10.3. The predicted molar refractivity (Wildman–Crippen MR) is 115 cm³/mol. The zero-order valence-electron chi connectivity index (χ0n) is 18.2. The van der Waals surface area contributed by atoms with Gasteiger partial charge in [-0.25, -0.2) is 13.2 Å². The number of likely N-dealkylation sites (tertiary alicyclic amines) is 1. The molecule has 0 saturated carbocycles. The standard InChI is InChI=1S/C21H33N3O5S/c1-21(2,3)29-20(26)22-10-13-24-11-8-16(9-12-24)15-23-19(25)17-6-5-7-18(14-17)30(4,27)28/h5-7,14,16H,8-13,15H2,1-4H3,(H,22,26)(H,23,25). The summed E-state index contributed by atoms with van der Waals surface area (Å²) in [5, 5.41) is 5.68. The lowest BCUT2D eigenvalue weighted by molar-refractivity contribution is 0.0519. The van der Waals surface area contributed by atoms with Crippen LogP contribution in [0.1, 0.15) is 44.0 Å². The molecule has 1 aromatic carbocycles. The number of rotatable bonds is 7. The molecule has 9 heteroatoms. The maximum Gasteiger partial charge on any atom is 0.407 e. The first-order valence-corrected chi connectivity index (χ1v) is 12.1. The van der Waals surface area contributed by atoms with E-state index < -0.39 is 21.5 Å². The topological polar surface area (TPSA) is 105 Å². The van der Waals surface area contributed by atoms with Crippen molar-refractivity contribution in [2.45, 2.75) is 44.1 Å². The Morgan fingerprint density at radius 1 is 1.17 bits per heavy atom. The van der Waals surface area contributed by atoms with Crippen LogP contribution < -0.4 is 10.6 Å². The van der Waals surface area contributed by atoms with Crippen LogP contribution in [0, 0.1) is 5.92 Å². The van der Waals surface area contributed by atoms with E-state index in [0.29, 0.717) is 24.6 Å². The van der Waals surface area contributed by atoms with Gasteiger partial charge in [-0.2, -0.15) is 0 Å². The maximum absolute atomic E-state index is 12.4. The summed E-state index contributed by atoms with van der Waals surface area (Å²) >= 11 is 0. The van der Waals surface area contributed by atoms with Gasteiger partial charge in [0.25, 0.3) is 5.91 Å². The molecule has 1 aliphatic heterocycles. The SMILES string of the molecule is CC(C)(C)OC(=O)NCCN1CCC(CNC(=O)c2cccc(S(C)(=O)=O)c2)CC1. The highest BCUT2D eigenvalue weighted by atomic mass is 32.2. The van der Waals surface area contributed by atoms with E-state index in [0.717, 1.165) is 38.7 Å². The molecular formula is C21H33N3O5S. The van der Waals surface area contributed by atoms with Crippen molar-refractivity contribution in [2.24, 2.45) is 5.92 Å². The number of benzene rings is 1. The van der Waals surface area contributed by atoms with Gasteiger partial charge in [-0.05, 0) is 70.8 Å². The highest BCUT2D eigenvalue weighted by molar-refractivity contribution is 7.90. The number of hydrogen-bond acceptors (Lipinski definition) is 6. The first-order valence-electron chi connectivity index (χ1n) is 10.2. The largest absolute Gasteiger partial charge is 0.444 e. The number of sulfone groups is 1. The number of carbonyl (C=O) groups is 2. The molecule has 0 aromatic heterocycles. The van der Waals surface area contributed by atoms with Crippen LogP contribution in [0.25, 0.3) is 0 Å². The predicted octanol–water partition coefficient (Wildman–Crippen LogP) is 2.06. The molecule has 0 bridgehead atoms. The zero-order valence-corrected chi connectivity index (χ0v) is 19.0. The molecule has 0 radical (unpaired) electrons. The minimum atomic E-state index is -3.34. The highest BCUT2D eigenvalue weighted by Crippen LogP contribution is 2.17. The average molecular weight is 440 g/mol. The van der Waals surface area contributed by atoms with E-state index >= 15 is 0 Å². The van der Waals surface area contributed by atoms with E-state index in [1.807, 2.05) is 20.8 Å². The van der Waals surface area contributed by atoms with E-state index in [1.165, 1.54) is 12.1 Å². The van der Waals surface area contributed by atoms with Crippen molar-refractivity contribution in [3.05, 3.63) is 29.8 Å². The van der Waals surface area contributed by atoms with Crippen LogP contribution in [0.3, 0.4) is 0 Å². The van der Waals surface area contributed by atoms with E-state index in [2.05, 4.69) is 15.5 Å². The minimum Gasteiger partial charge on any atom is -0.444 e. The molecular weight excluding hydrogens is 406 g/mol. The minimum absolute atomic E-state index is 0.142. The van der Waals surface area contributed by atoms with Gasteiger partial charge in [0.2, 0.25) is 0 Å². The molecule has 0 unspecified atom stereocenters. The fraction of sp³-hybridized carbons (Fsp3) is 0.619. The van der Waals surface area contributed by atoms with Gasteiger partial charge in [0.05, 0.1) is 4.90 Å². The van der Waals surface area contributed by atoms with Gasteiger partial charge < -0.3 is 20.3 Å². The highest BCUT2D eigenvalue weighted by Gasteiger charge is 2.21. The molecule has 0 spiro atoms. The van der Waals surface area contributed by atoms with Crippen LogP contribution in [0.5, 0.6) is 0 Å². The van der Waals surface area contributed by atoms with Gasteiger partial charge >= 0.3 is 6.09 Å². The quantitative estimate of drug-likeness (QED) is 0.674. The van der Waals surface area contributed by atoms with Crippen LogP contribution in [0.2, 0.25) is 0 Å². The summed E-state index contributed by atoms with van der Waals surface area (Å²) in [6.45, 7) is 9.16. The third-order valence-corrected chi connectivity index (χ3v) is 5.99. The van der Waals surface area contributed by atoms with Gasteiger partial charge in [0.1, 0.15) is 5.60 Å². The maximum atomic E-state index is 12.4. The third-order valence-electron chi connectivity index (χ3n) is 4.88. The number of piperidine rings is 1. The third kappa shape index (κ3) is 8.31. The molecule has 0 atom stereocenters. The van der Waals surface area contributed by atoms with Crippen molar-refractivity contribution in [3.63, 3.8) is 0 Å². The summed E-state index contributed by atoms with van der Waals surface area (Å²) in [4.78, 5) is 26.5. The fourth-order valence-corrected chi connectivity index (χ4v) is 3.92. The lowest BCUT2D eigenvalue weighted by Crippen LogP contribution is -2.42. The Labute approximate surface area is 179 Å². The molecule has 1 aliphatic rings. The van der Waals surface area contributed by atoms with E-state index in [4.69, 9.17) is 4.74 Å². The van der Waals surface area contributed by atoms with Gasteiger partial charge in [0, 0.05) is 31.5 Å². The van der Waals surface area contributed by atoms with Gasteiger partial charge in [-0.15, -0.1) is 0 Å². The Kier molecular flexibility index (Phi) is 8.25. The van der Waals surface area contributed by atoms with Crippen LogP contribution >= 0.6 is 0 Å². The van der Waals surface area contributed by atoms with E-state index in [9.17, 15) is 18.0 Å². The molecule has 1 fully saturated rings. The molecule has 1 saturated heterocycles. The van der Waals surface area contributed by atoms with Crippen LogP contribution in [0.4, 0.5) is 4.79 Å². The fourth-order valence-electron chi connectivity index (χ4n) is 3.25. The van der Waals surface area contributed by atoms with Gasteiger partial charge in [-0.3, -0.25) is 4.79 Å². The molecule has 2 rings (SSSR count). The number of carbonyl (C=O) groups excluding carboxylic acids is 2. The summed E-state index contributed by atoms with van der Waals surface area (Å²) in [7, 11) is -3.34. The van der Waals surface area contributed by atoms with Gasteiger partial charge in [-0.1, -0.05) is 6.07 Å². The molecule has 8 nitrogen and oxygen atoms in total. The summed E-state index contributed by atoms with van der Waals surface area (Å²) < 4.78 is 28.5. The lowest BCUT2D eigenvalue weighted by atomic mass is 9.96. The van der Waals surface area contributed by atoms with Crippen LogP contribution in [0.15, 0.2) is 29.2 Å². The van der Waals surface area contributed by atoms with Crippen LogP contribution in [-0.4, -0.2) is 69.9 Å². The summed E-state index contributed by atoms with van der Waals surface area (Å²) in [6.07, 6.45) is 2.63. The summed E-state index contributed by atoms with van der Waals surface area (Å²) in [6, 6.07) is 6.09.